The molecule has 1 saturated heterocycles. The van der Waals surface area contributed by atoms with Crippen molar-refractivity contribution in [1.29, 1.82) is 0 Å². The smallest absolute Gasteiger partial charge is 0.319 e. The van der Waals surface area contributed by atoms with E-state index < -0.39 is 0 Å². The SMILES string of the molecule is CCOc1ccnc(OC2CCNC2)n1. The van der Waals surface area contributed by atoms with E-state index in [4.69, 9.17) is 9.47 Å². The Balaban J connectivity index is 1.97. The maximum absolute atomic E-state index is 5.60. The predicted octanol–water partition coefficient (Wildman–Crippen LogP) is 0.616. The first-order valence-electron chi connectivity index (χ1n) is 5.21. The second kappa shape index (κ2) is 4.93. The lowest BCUT2D eigenvalue weighted by Crippen LogP contribution is -2.20. The van der Waals surface area contributed by atoms with Crippen molar-refractivity contribution in [2.24, 2.45) is 0 Å². The minimum atomic E-state index is 0.182. The summed E-state index contributed by atoms with van der Waals surface area (Å²) in [4.78, 5) is 8.19. The van der Waals surface area contributed by atoms with Crippen LogP contribution in [0, 0.1) is 0 Å². The summed E-state index contributed by atoms with van der Waals surface area (Å²) < 4.78 is 10.9. The highest BCUT2D eigenvalue weighted by Crippen LogP contribution is 2.13. The summed E-state index contributed by atoms with van der Waals surface area (Å²) in [6.07, 6.45) is 2.83. The number of aromatic nitrogens is 2. The second-order valence-corrected chi connectivity index (χ2v) is 3.34. The van der Waals surface area contributed by atoms with E-state index in [2.05, 4.69) is 15.3 Å². The predicted molar refractivity (Wildman–Crippen MR) is 55.1 cm³/mol. The fourth-order valence-corrected chi connectivity index (χ4v) is 1.49. The van der Waals surface area contributed by atoms with Gasteiger partial charge in [0, 0.05) is 18.8 Å². The van der Waals surface area contributed by atoms with Crippen molar-refractivity contribution in [3.05, 3.63) is 12.3 Å². The Morgan fingerprint density at radius 3 is 3.27 bits per heavy atom. The maximum Gasteiger partial charge on any atom is 0.319 e. The molecule has 0 spiro atoms. The maximum atomic E-state index is 5.60. The summed E-state index contributed by atoms with van der Waals surface area (Å²) in [6.45, 7) is 4.38. The van der Waals surface area contributed by atoms with Gasteiger partial charge >= 0.3 is 6.01 Å². The van der Waals surface area contributed by atoms with E-state index in [0.29, 0.717) is 18.5 Å². The van der Waals surface area contributed by atoms with E-state index in [1.54, 1.807) is 12.3 Å². The van der Waals surface area contributed by atoms with E-state index in [-0.39, 0.29) is 6.10 Å². The average Bonchev–Trinajstić information content (AvgIpc) is 2.71. The van der Waals surface area contributed by atoms with E-state index in [9.17, 15) is 0 Å². The molecule has 1 N–H and O–H groups in total. The summed E-state index contributed by atoms with van der Waals surface area (Å²) in [7, 11) is 0. The Kier molecular flexibility index (Phi) is 3.34. The number of hydrogen-bond acceptors (Lipinski definition) is 5. The second-order valence-electron chi connectivity index (χ2n) is 3.34. The van der Waals surface area contributed by atoms with Crippen LogP contribution in [0.4, 0.5) is 0 Å². The van der Waals surface area contributed by atoms with Crippen LogP contribution in [0.3, 0.4) is 0 Å². The molecule has 1 unspecified atom stereocenters. The molecule has 0 radical (unpaired) electrons. The lowest BCUT2D eigenvalue weighted by atomic mass is 10.3. The van der Waals surface area contributed by atoms with Crippen molar-refractivity contribution in [2.45, 2.75) is 19.4 Å². The molecule has 2 rings (SSSR count). The quantitative estimate of drug-likeness (QED) is 0.787. The minimum absolute atomic E-state index is 0.182. The fraction of sp³-hybridized carbons (Fsp3) is 0.600. The third-order valence-corrected chi connectivity index (χ3v) is 2.19. The molecule has 82 valence electrons. The molecule has 0 amide bonds. The Labute approximate surface area is 88.8 Å². The highest BCUT2D eigenvalue weighted by molar-refractivity contribution is 5.11. The van der Waals surface area contributed by atoms with Crippen LogP contribution >= 0.6 is 0 Å². The molecule has 1 fully saturated rings. The van der Waals surface area contributed by atoms with Crippen molar-refractivity contribution in [3.63, 3.8) is 0 Å². The molecule has 15 heavy (non-hydrogen) atoms. The Hall–Kier alpha value is -1.36. The number of nitrogens with zero attached hydrogens (tertiary/aromatic N) is 2. The van der Waals surface area contributed by atoms with Crippen LogP contribution in [0.5, 0.6) is 11.9 Å². The largest absolute Gasteiger partial charge is 0.478 e. The van der Waals surface area contributed by atoms with Gasteiger partial charge in [-0.25, -0.2) is 4.98 Å². The van der Waals surface area contributed by atoms with Crippen LogP contribution in [-0.4, -0.2) is 35.8 Å². The van der Waals surface area contributed by atoms with Crippen LogP contribution in [0.1, 0.15) is 13.3 Å². The Bertz CT molecular complexity index is 313. The third kappa shape index (κ3) is 2.79. The Morgan fingerprint density at radius 1 is 1.60 bits per heavy atom. The van der Waals surface area contributed by atoms with Gasteiger partial charge in [0.05, 0.1) is 6.61 Å². The van der Waals surface area contributed by atoms with Gasteiger partial charge in [0.1, 0.15) is 6.10 Å². The van der Waals surface area contributed by atoms with E-state index in [1.807, 2.05) is 6.92 Å². The van der Waals surface area contributed by atoms with Gasteiger partial charge in [-0.1, -0.05) is 0 Å². The van der Waals surface area contributed by atoms with Gasteiger partial charge in [0.15, 0.2) is 0 Å². The molecule has 0 aliphatic carbocycles. The lowest BCUT2D eigenvalue weighted by molar-refractivity contribution is 0.200. The Morgan fingerprint density at radius 2 is 2.53 bits per heavy atom. The van der Waals surface area contributed by atoms with Crippen LogP contribution in [0.15, 0.2) is 12.3 Å². The van der Waals surface area contributed by atoms with E-state index in [1.165, 1.54) is 0 Å². The van der Waals surface area contributed by atoms with E-state index >= 15 is 0 Å². The van der Waals surface area contributed by atoms with Crippen LogP contribution in [-0.2, 0) is 0 Å². The molecule has 5 nitrogen and oxygen atoms in total. The number of hydrogen-bond donors (Lipinski definition) is 1. The summed E-state index contributed by atoms with van der Waals surface area (Å²) in [5.41, 5.74) is 0. The number of rotatable bonds is 4. The first kappa shape index (κ1) is 10.2. The molecule has 1 aromatic rings. The standard InChI is InChI=1S/C10H15N3O2/c1-2-14-9-4-6-12-10(13-9)15-8-3-5-11-7-8/h4,6,8,11H,2-3,5,7H2,1H3. The van der Waals surface area contributed by atoms with Crippen LogP contribution in [0.2, 0.25) is 0 Å². The first-order chi connectivity index (χ1) is 7.38. The molecule has 0 aromatic carbocycles. The van der Waals surface area contributed by atoms with Crippen molar-refractivity contribution in [1.82, 2.24) is 15.3 Å². The van der Waals surface area contributed by atoms with Crippen LogP contribution < -0.4 is 14.8 Å². The summed E-state index contributed by atoms with van der Waals surface area (Å²) in [5, 5.41) is 3.22. The normalized spacial score (nSPS) is 20.2. The fourth-order valence-electron chi connectivity index (χ4n) is 1.49. The van der Waals surface area contributed by atoms with Gasteiger partial charge in [-0.2, -0.15) is 4.98 Å². The third-order valence-electron chi connectivity index (χ3n) is 2.19. The monoisotopic (exact) mass is 209 g/mol. The first-order valence-corrected chi connectivity index (χ1v) is 5.21. The molecule has 0 saturated carbocycles. The van der Waals surface area contributed by atoms with Crippen LogP contribution in [0.25, 0.3) is 0 Å². The molecular formula is C10H15N3O2. The van der Waals surface area contributed by atoms with Crippen molar-refractivity contribution >= 4 is 0 Å². The summed E-state index contributed by atoms with van der Waals surface area (Å²) in [6, 6.07) is 2.12. The molecule has 0 bridgehead atoms. The lowest BCUT2D eigenvalue weighted by Gasteiger charge is -2.10. The van der Waals surface area contributed by atoms with Crippen molar-refractivity contribution < 1.29 is 9.47 Å². The van der Waals surface area contributed by atoms with Crippen molar-refractivity contribution in [2.75, 3.05) is 19.7 Å². The molecule has 1 aromatic heterocycles. The molecule has 5 heteroatoms. The average molecular weight is 209 g/mol. The van der Waals surface area contributed by atoms with Gasteiger partial charge in [-0.05, 0) is 19.9 Å². The zero-order valence-corrected chi connectivity index (χ0v) is 8.77. The highest BCUT2D eigenvalue weighted by atomic mass is 16.5. The number of nitrogens with one attached hydrogen (secondary N) is 1. The molecule has 1 atom stereocenters. The van der Waals surface area contributed by atoms with Gasteiger partial charge in [0.2, 0.25) is 5.88 Å². The van der Waals surface area contributed by atoms with Gasteiger partial charge in [-0.3, -0.25) is 0 Å². The zero-order chi connectivity index (χ0) is 10.5. The van der Waals surface area contributed by atoms with Gasteiger partial charge in [-0.15, -0.1) is 0 Å². The highest BCUT2D eigenvalue weighted by Gasteiger charge is 2.17. The molecule has 1 aliphatic rings. The number of ether oxygens (including phenoxy) is 2. The van der Waals surface area contributed by atoms with E-state index in [0.717, 1.165) is 19.5 Å². The van der Waals surface area contributed by atoms with Gasteiger partial charge in [0.25, 0.3) is 0 Å². The molecular weight excluding hydrogens is 194 g/mol. The van der Waals surface area contributed by atoms with Crippen molar-refractivity contribution in [3.8, 4) is 11.9 Å². The summed E-state index contributed by atoms with van der Waals surface area (Å²) >= 11 is 0. The summed E-state index contributed by atoms with van der Waals surface area (Å²) in [5.74, 6) is 0.563. The molecule has 2 heterocycles. The zero-order valence-electron chi connectivity index (χ0n) is 8.77. The topological polar surface area (TPSA) is 56.3 Å². The van der Waals surface area contributed by atoms with Gasteiger partial charge < -0.3 is 14.8 Å². The minimum Gasteiger partial charge on any atom is -0.478 e. The molecule has 1 aliphatic heterocycles.